The van der Waals surface area contributed by atoms with Gasteiger partial charge in [0.25, 0.3) is 0 Å². The molecular weight excluding hydrogens is 446 g/mol. The number of halogens is 1. The number of hydrogen-bond acceptors (Lipinski definition) is 6. The molecule has 0 heterocycles. The summed E-state index contributed by atoms with van der Waals surface area (Å²) in [7, 11) is 1.44. The smallest absolute Gasteiger partial charge is 0.343 e. The molecular formula is C24H20ClN3O5. The Morgan fingerprint density at radius 2 is 1.55 bits per heavy atom. The molecule has 0 saturated heterocycles. The summed E-state index contributed by atoms with van der Waals surface area (Å²) in [6.07, 6.45) is 0. The molecule has 2 amide bonds. The van der Waals surface area contributed by atoms with Gasteiger partial charge in [-0.15, -0.1) is 0 Å². The predicted molar refractivity (Wildman–Crippen MR) is 125 cm³/mol. The van der Waals surface area contributed by atoms with Gasteiger partial charge in [-0.3, -0.25) is 9.59 Å². The van der Waals surface area contributed by atoms with Crippen molar-refractivity contribution in [2.45, 2.75) is 6.92 Å². The third-order valence-corrected chi connectivity index (χ3v) is 4.68. The third-order valence-electron chi connectivity index (χ3n) is 4.43. The van der Waals surface area contributed by atoms with Crippen LogP contribution in [0.3, 0.4) is 0 Å². The molecule has 0 unspecified atom stereocenters. The second-order valence-electron chi connectivity index (χ2n) is 6.72. The molecule has 3 aromatic carbocycles. The van der Waals surface area contributed by atoms with E-state index in [1.807, 2.05) is 0 Å². The monoisotopic (exact) mass is 465 g/mol. The first-order chi connectivity index (χ1) is 15.9. The van der Waals surface area contributed by atoms with Crippen LogP contribution in [0.5, 0.6) is 11.5 Å². The Labute approximate surface area is 195 Å². The zero-order chi connectivity index (χ0) is 23.8. The lowest BCUT2D eigenvalue weighted by Crippen LogP contribution is -2.32. The molecule has 0 aliphatic heterocycles. The van der Waals surface area contributed by atoms with E-state index in [1.165, 1.54) is 7.11 Å². The number of carbonyl (C=O) groups is 3. The van der Waals surface area contributed by atoms with Crippen molar-refractivity contribution in [3.63, 3.8) is 0 Å². The van der Waals surface area contributed by atoms with E-state index in [2.05, 4.69) is 15.8 Å². The number of methoxy groups -OCH3 is 1. The number of hydrogen-bond donors (Lipinski definition) is 2. The number of anilines is 1. The molecule has 0 aliphatic rings. The van der Waals surface area contributed by atoms with Gasteiger partial charge < -0.3 is 14.8 Å². The molecule has 0 bridgehead atoms. The summed E-state index contributed by atoms with van der Waals surface area (Å²) in [6, 6.07) is 19.7. The number of carbonyl (C=O) groups excluding carboxylic acids is 3. The number of nitrogens with one attached hydrogen (secondary N) is 2. The van der Waals surface area contributed by atoms with Crippen LogP contribution in [0.4, 0.5) is 5.69 Å². The maximum absolute atomic E-state index is 12.3. The number of esters is 1. The van der Waals surface area contributed by atoms with Gasteiger partial charge in [0.2, 0.25) is 0 Å². The van der Waals surface area contributed by atoms with Crippen molar-refractivity contribution in [2.24, 2.45) is 5.10 Å². The van der Waals surface area contributed by atoms with Crippen LogP contribution < -0.4 is 20.2 Å². The molecule has 0 radical (unpaired) electrons. The fraction of sp³-hybridized carbons (Fsp3) is 0.0833. The zero-order valence-corrected chi connectivity index (χ0v) is 18.6. The molecule has 0 aliphatic carbocycles. The molecule has 3 aromatic rings. The van der Waals surface area contributed by atoms with Crippen LogP contribution in [0.15, 0.2) is 77.9 Å². The van der Waals surface area contributed by atoms with E-state index in [0.717, 1.165) is 0 Å². The second kappa shape index (κ2) is 10.9. The standard InChI is InChI=1S/C24H20ClN3O5/c1-15(27-28-23(30)22(29)26-19-11-9-18(25)10-12-19)17-8-13-20(21(14-17)32-2)33-24(31)16-6-4-3-5-7-16/h3-14H,1-2H3,(H,26,29)(H,28,30)/b27-15+. The molecule has 0 aromatic heterocycles. The van der Waals surface area contributed by atoms with Gasteiger partial charge in [-0.2, -0.15) is 5.10 Å². The summed E-state index contributed by atoms with van der Waals surface area (Å²) in [6.45, 7) is 1.64. The van der Waals surface area contributed by atoms with Crippen molar-refractivity contribution in [2.75, 3.05) is 12.4 Å². The van der Waals surface area contributed by atoms with Crippen LogP contribution in [0, 0.1) is 0 Å². The quantitative estimate of drug-likeness (QED) is 0.188. The van der Waals surface area contributed by atoms with Gasteiger partial charge in [-0.1, -0.05) is 29.8 Å². The normalized spacial score (nSPS) is 10.8. The van der Waals surface area contributed by atoms with Crippen molar-refractivity contribution < 1.29 is 23.9 Å². The third kappa shape index (κ3) is 6.41. The van der Waals surface area contributed by atoms with Crippen molar-refractivity contribution >= 4 is 40.8 Å². The summed E-state index contributed by atoms with van der Waals surface area (Å²) >= 11 is 5.79. The summed E-state index contributed by atoms with van der Waals surface area (Å²) < 4.78 is 10.7. The van der Waals surface area contributed by atoms with Gasteiger partial charge in [0.05, 0.1) is 18.4 Å². The van der Waals surface area contributed by atoms with Gasteiger partial charge in [-0.05, 0) is 61.5 Å². The van der Waals surface area contributed by atoms with Crippen LogP contribution >= 0.6 is 11.6 Å². The highest BCUT2D eigenvalue weighted by Crippen LogP contribution is 2.29. The minimum absolute atomic E-state index is 0.231. The highest BCUT2D eigenvalue weighted by molar-refractivity contribution is 6.39. The van der Waals surface area contributed by atoms with Gasteiger partial charge in [0, 0.05) is 16.3 Å². The fourth-order valence-corrected chi connectivity index (χ4v) is 2.81. The Bertz CT molecular complexity index is 1190. The van der Waals surface area contributed by atoms with Gasteiger partial charge in [0.1, 0.15) is 0 Å². The van der Waals surface area contributed by atoms with E-state index in [9.17, 15) is 14.4 Å². The van der Waals surface area contributed by atoms with E-state index < -0.39 is 17.8 Å². The lowest BCUT2D eigenvalue weighted by atomic mass is 10.1. The number of benzene rings is 3. The van der Waals surface area contributed by atoms with E-state index in [0.29, 0.717) is 33.3 Å². The SMILES string of the molecule is COc1cc(/C(C)=N/NC(=O)C(=O)Nc2ccc(Cl)cc2)ccc1OC(=O)c1ccccc1. The van der Waals surface area contributed by atoms with Crippen molar-refractivity contribution in [1.29, 1.82) is 0 Å². The van der Waals surface area contributed by atoms with Crippen LogP contribution in [-0.4, -0.2) is 30.6 Å². The predicted octanol–water partition coefficient (Wildman–Crippen LogP) is 4.05. The number of nitrogens with zero attached hydrogens (tertiary/aromatic N) is 1. The maximum atomic E-state index is 12.3. The molecule has 0 fully saturated rings. The lowest BCUT2D eigenvalue weighted by Gasteiger charge is -2.11. The largest absolute Gasteiger partial charge is 0.493 e. The first kappa shape index (κ1) is 23.5. The topological polar surface area (TPSA) is 106 Å². The summed E-state index contributed by atoms with van der Waals surface area (Å²) in [5, 5.41) is 6.91. The molecule has 33 heavy (non-hydrogen) atoms. The molecule has 2 N–H and O–H groups in total. The molecule has 9 heteroatoms. The number of hydrazone groups is 1. The average Bonchev–Trinajstić information content (AvgIpc) is 2.84. The minimum Gasteiger partial charge on any atom is -0.493 e. The molecule has 168 valence electrons. The van der Waals surface area contributed by atoms with Crippen molar-refractivity contribution in [1.82, 2.24) is 5.43 Å². The summed E-state index contributed by atoms with van der Waals surface area (Å²) in [5.74, 6) is -1.81. The van der Waals surface area contributed by atoms with Gasteiger partial charge >= 0.3 is 17.8 Å². The summed E-state index contributed by atoms with van der Waals surface area (Å²) in [5.41, 5.74) is 4.02. The van der Waals surface area contributed by atoms with Gasteiger partial charge in [0.15, 0.2) is 11.5 Å². The highest BCUT2D eigenvalue weighted by Gasteiger charge is 2.15. The van der Waals surface area contributed by atoms with Crippen molar-refractivity contribution in [3.8, 4) is 11.5 Å². The van der Waals surface area contributed by atoms with Crippen molar-refractivity contribution in [3.05, 3.63) is 88.9 Å². The molecule has 8 nitrogen and oxygen atoms in total. The molecule has 0 atom stereocenters. The Morgan fingerprint density at radius 1 is 0.848 bits per heavy atom. The van der Waals surface area contributed by atoms with Crippen LogP contribution in [-0.2, 0) is 9.59 Å². The van der Waals surface area contributed by atoms with E-state index in [-0.39, 0.29) is 5.75 Å². The maximum Gasteiger partial charge on any atom is 0.343 e. The number of amides is 2. The fourth-order valence-electron chi connectivity index (χ4n) is 2.68. The van der Waals surface area contributed by atoms with E-state index >= 15 is 0 Å². The molecule has 0 spiro atoms. The Morgan fingerprint density at radius 3 is 2.21 bits per heavy atom. The summed E-state index contributed by atoms with van der Waals surface area (Å²) in [4.78, 5) is 36.4. The first-order valence-electron chi connectivity index (χ1n) is 9.74. The first-order valence-corrected chi connectivity index (χ1v) is 10.1. The van der Waals surface area contributed by atoms with E-state index in [1.54, 1.807) is 79.7 Å². The molecule has 3 rings (SSSR count). The van der Waals surface area contributed by atoms with Crippen LogP contribution in [0.1, 0.15) is 22.8 Å². The highest BCUT2D eigenvalue weighted by atomic mass is 35.5. The Kier molecular flexibility index (Phi) is 7.77. The Balaban J connectivity index is 1.65. The van der Waals surface area contributed by atoms with E-state index in [4.69, 9.17) is 21.1 Å². The zero-order valence-electron chi connectivity index (χ0n) is 17.8. The number of rotatable bonds is 6. The Hall–Kier alpha value is -4.17. The minimum atomic E-state index is -0.940. The lowest BCUT2D eigenvalue weighted by molar-refractivity contribution is -0.136. The second-order valence-corrected chi connectivity index (χ2v) is 7.16. The average molecular weight is 466 g/mol. The van der Waals surface area contributed by atoms with Crippen LogP contribution in [0.2, 0.25) is 5.02 Å². The number of ether oxygens (including phenoxy) is 2. The van der Waals surface area contributed by atoms with Gasteiger partial charge in [-0.25, -0.2) is 10.2 Å². The molecule has 0 saturated carbocycles. The van der Waals surface area contributed by atoms with Crippen LogP contribution in [0.25, 0.3) is 0 Å².